The summed E-state index contributed by atoms with van der Waals surface area (Å²) in [4.78, 5) is 0. The Bertz CT molecular complexity index is 215. The van der Waals surface area contributed by atoms with Crippen LogP contribution in [0.3, 0.4) is 0 Å². The molecule has 0 aliphatic rings. The van der Waals surface area contributed by atoms with Crippen LogP contribution >= 0.6 is 7.60 Å². The van der Waals surface area contributed by atoms with Crippen molar-refractivity contribution in [2.75, 3.05) is 13.2 Å². The standard InChI is InChI=1S/C10H23O5P/c1-6-13-7-10(11)16(12,14-8(2)3)15-9(4)5/h8-11H,6-7H2,1-5H3. The Hall–Kier alpha value is 0.0700. The highest BCUT2D eigenvalue weighted by atomic mass is 31.2. The second kappa shape index (κ2) is 7.41. The van der Waals surface area contributed by atoms with Gasteiger partial charge < -0.3 is 18.9 Å². The van der Waals surface area contributed by atoms with E-state index < -0.39 is 13.4 Å². The minimum absolute atomic E-state index is 0.0484. The predicted octanol–water partition coefficient (Wildman–Crippen LogP) is 2.38. The summed E-state index contributed by atoms with van der Waals surface area (Å²) in [6.07, 6.45) is -0.554. The van der Waals surface area contributed by atoms with Crippen LogP contribution < -0.4 is 0 Å². The van der Waals surface area contributed by atoms with Crippen LogP contribution in [-0.2, 0) is 18.3 Å². The van der Waals surface area contributed by atoms with Crippen LogP contribution in [-0.4, -0.2) is 36.4 Å². The smallest absolute Gasteiger partial charge is 0.361 e. The van der Waals surface area contributed by atoms with Gasteiger partial charge in [0.15, 0.2) is 5.85 Å². The number of aliphatic hydroxyl groups is 1. The lowest BCUT2D eigenvalue weighted by Crippen LogP contribution is -2.22. The molecule has 5 nitrogen and oxygen atoms in total. The molecule has 1 unspecified atom stereocenters. The monoisotopic (exact) mass is 254 g/mol. The van der Waals surface area contributed by atoms with E-state index in [-0.39, 0.29) is 18.8 Å². The van der Waals surface area contributed by atoms with Crippen molar-refractivity contribution in [1.29, 1.82) is 0 Å². The molecule has 0 bridgehead atoms. The summed E-state index contributed by atoms with van der Waals surface area (Å²) < 4.78 is 27.7. The van der Waals surface area contributed by atoms with Crippen LogP contribution in [0.4, 0.5) is 0 Å². The Kier molecular flexibility index (Phi) is 7.44. The van der Waals surface area contributed by atoms with Gasteiger partial charge in [-0.1, -0.05) is 0 Å². The number of aliphatic hydroxyl groups excluding tert-OH is 1. The third-order valence-corrected chi connectivity index (χ3v) is 3.86. The van der Waals surface area contributed by atoms with Crippen molar-refractivity contribution in [3.8, 4) is 0 Å². The van der Waals surface area contributed by atoms with Crippen LogP contribution in [0.5, 0.6) is 0 Å². The molecular formula is C10H23O5P. The van der Waals surface area contributed by atoms with E-state index in [0.717, 1.165) is 0 Å². The predicted molar refractivity (Wildman–Crippen MR) is 62.5 cm³/mol. The van der Waals surface area contributed by atoms with Crippen LogP contribution in [0.1, 0.15) is 34.6 Å². The molecule has 6 heteroatoms. The molecule has 0 radical (unpaired) electrons. The van der Waals surface area contributed by atoms with E-state index in [9.17, 15) is 9.67 Å². The van der Waals surface area contributed by atoms with Gasteiger partial charge in [0, 0.05) is 6.61 Å². The summed E-state index contributed by atoms with van der Waals surface area (Å²) in [5, 5.41) is 9.76. The average molecular weight is 254 g/mol. The zero-order chi connectivity index (χ0) is 12.8. The van der Waals surface area contributed by atoms with Gasteiger partial charge in [-0.05, 0) is 34.6 Å². The van der Waals surface area contributed by atoms with Gasteiger partial charge in [0.05, 0.1) is 18.8 Å². The van der Waals surface area contributed by atoms with Gasteiger partial charge in [0.25, 0.3) is 0 Å². The first-order valence-corrected chi connectivity index (χ1v) is 7.15. The summed E-state index contributed by atoms with van der Waals surface area (Å²) in [6, 6.07) is 0. The van der Waals surface area contributed by atoms with E-state index in [2.05, 4.69) is 0 Å². The number of hydrogen-bond acceptors (Lipinski definition) is 5. The molecule has 16 heavy (non-hydrogen) atoms. The molecule has 1 atom stereocenters. The minimum Gasteiger partial charge on any atom is -0.378 e. The molecule has 0 aromatic heterocycles. The topological polar surface area (TPSA) is 65.0 Å². The fraction of sp³-hybridized carbons (Fsp3) is 1.00. The van der Waals surface area contributed by atoms with Crippen molar-refractivity contribution >= 4 is 7.60 Å². The van der Waals surface area contributed by atoms with Crippen molar-refractivity contribution in [3.63, 3.8) is 0 Å². The van der Waals surface area contributed by atoms with Gasteiger partial charge in [-0.25, -0.2) is 0 Å². The molecule has 0 rings (SSSR count). The molecular weight excluding hydrogens is 231 g/mol. The molecule has 0 saturated carbocycles. The van der Waals surface area contributed by atoms with Gasteiger partial charge in [-0.3, -0.25) is 4.57 Å². The van der Waals surface area contributed by atoms with E-state index in [1.165, 1.54) is 0 Å². The minimum atomic E-state index is -3.52. The quantitative estimate of drug-likeness (QED) is 0.674. The third-order valence-electron chi connectivity index (χ3n) is 1.55. The summed E-state index contributed by atoms with van der Waals surface area (Å²) in [5.74, 6) is -1.24. The summed E-state index contributed by atoms with van der Waals surface area (Å²) >= 11 is 0. The summed E-state index contributed by atoms with van der Waals surface area (Å²) in [6.45, 7) is 9.15. The highest BCUT2D eigenvalue weighted by molar-refractivity contribution is 7.54. The van der Waals surface area contributed by atoms with Crippen molar-refractivity contribution < 1.29 is 23.5 Å². The fourth-order valence-corrected chi connectivity index (χ4v) is 2.86. The second-order valence-electron chi connectivity index (χ2n) is 3.99. The molecule has 1 N–H and O–H groups in total. The number of ether oxygens (including phenoxy) is 1. The van der Waals surface area contributed by atoms with Gasteiger partial charge >= 0.3 is 7.60 Å². The molecule has 0 fully saturated rings. The highest BCUT2D eigenvalue weighted by Crippen LogP contribution is 2.54. The maximum atomic E-state index is 12.3. The lowest BCUT2D eigenvalue weighted by atomic mass is 10.5. The fourth-order valence-electron chi connectivity index (χ4n) is 1.07. The SMILES string of the molecule is CCOCC(O)P(=O)(OC(C)C)OC(C)C. The van der Waals surface area contributed by atoms with E-state index in [0.29, 0.717) is 6.61 Å². The average Bonchev–Trinajstić information content (AvgIpc) is 2.11. The Morgan fingerprint density at radius 2 is 1.56 bits per heavy atom. The van der Waals surface area contributed by atoms with Crippen molar-refractivity contribution in [2.24, 2.45) is 0 Å². The van der Waals surface area contributed by atoms with Gasteiger partial charge in [-0.2, -0.15) is 0 Å². The van der Waals surface area contributed by atoms with Crippen LogP contribution in [0.15, 0.2) is 0 Å². The molecule has 0 heterocycles. The maximum absolute atomic E-state index is 12.3. The summed E-state index contributed by atoms with van der Waals surface area (Å²) in [7, 11) is -3.52. The zero-order valence-corrected chi connectivity index (χ0v) is 11.6. The Balaban J connectivity index is 4.56. The first-order valence-electron chi connectivity index (χ1n) is 5.54. The largest absolute Gasteiger partial charge is 0.378 e. The molecule has 0 aromatic carbocycles. The first kappa shape index (κ1) is 16.1. The molecule has 98 valence electrons. The van der Waals surface area contributed by atoms with Crippen molar-refractivity contribution in [2.45, 2.75) is 52.7 Å². The zero-order valence-electron chi connectivity index (χ0n) is 10.7. The molecule has 0 saturated heterocycles. The molecule has 0 amide bonds. The highest BCUT2D eigenvalue weighted by Gasteiger charge is 2.36. The molecule has 0 aromatic rings. The van der Waals surface area contributed by atoms with Crippen LogP contribution in [0, 0.1) is 0 Å². The Labute approximate surface area is 97.6 Å². The maximum Gasteiger partial charge on any atom is 0.361 e. The molecule has 0 spiro atoms. The van der Waals surface area contributed by atoms with Crippen LogP contribution in [0.25, 0.3) is 0 Å². The molecule has 0 aliphatic heterocycles. The number of hydrogen-bond donors (Lipinski definition) is 1. The lowest BCUT2D eigenvalue weighted by molar-refractivity contribution is 0.0447. The van der Waals surface area contributed by atoms with Gasteiger partial charge in [-0.15, -0.1) is 0 Å². The van der Waals surface area contributed by atoms with Gasteiger partial charge in [0.1, 0.15) is 0 Å². The van der Waals surface area contributed by atoms with Crippen LogP contribution in [0.2, 0.25) is 0 Å². The second-order valence-corrected chi connectivity index (χ2v) is 6.09. The number of rotatable bonds is 8. The lowest BCUT2D eigenvalue weighted by Gasteiger charge is -2.26. The van der Waals surface area contributed by atoms with E-state index in [1.807, 2.05) is 0 Å². The normalized spacial score (nSPS) is 14.8. The van der Waals surface area contributed by atoms with Crippen molar-refractivity contribution in [3.05, 3.63) is 0 Å². The van der Waals surface area contributed by atoms with E-state index in [4.69, 9.17) is 13.8 Å². The van der Waals surface area contributed by atoms with Gasteiger partial charge in [0.2, 0.25) is 0 Å². The van der Waals surface area contributed by atoms with Crippen molar-refractivity contribution in [1.82, 2.24) is 0 Å². The third kappa shape index (κ3) is 5.97. The van der Waals surface area contributed by atoms with E-state index >= 15 is 0 Å². The first-order chi connectivity index (χ1) is 7.31. The Morgan fingerprint density at radius 3 is 1.88 bits per heavy atom. The summed E-state index contributed by atoms with van der Waals surface area (Å²) in [5.41, 5.74) is 0. The Morgan fingerprint density at radius 1 is 1.12 bits per heavy atom. The van der Waals surface area contributed by atoms with E-state index in [1.54, 1.807) is 34.6 Å². The molecule has 0 aliphatic carbocycles.